The topological polar surface area (TPSA) is 24.9 Å². The van der Waals surface area contributed by atoms with Gasteiger partial charge in [-0.15, -0.1) is 11.3 Å². The largest absolute Gasteiger partial charge is 0.306 e. The van der Waals surface area contributed by atoms with E-state index in [0.717, 1.165) is 28.2 Å². The Morgan fingerprint density at radius 1 is 1.30 bits per heavy atom. The number of benzene rings is 1. The summed E-state index contributed by atoms with van der Waals surface area (Å²) in [6.45, 7) is 2.97. The number of pyridine rings is 1. The molecule has 1 N–H and O–H groups in total. The van der Waals surface area contributed by atoms with Crippen molar-refractivity contribution in [1.82, 2.24) is 10.3 Å². The smallest absolute Gasteiger partial charge is 0.0809 e. The van der Waals surface area contributed by atoms with Gasteiger partial charge in [0.15, 0.2) is 0 Å². The predicted molar refractivity (Wildman–Crippen MR) is 86.6 cm³/mol. The first-order valence-corrected chi connectivity index (χ1v) is 7.86. The highest BCUT2D eigenvalue weighted by Gasteiger charge is 2.16. The third-order valence-electron chi connectivity index (χ3n) is 3.28. The van der Waals surface area contributed by atoms with Crippen LogP contribution in [0.1, 0.15) is 24.1 Å². The summed E-state index contributed by atoms with van der Waals surface area (Å²) in [6, 6.07) is 12.3. The van der Waals surface area contributed by atoms with Gasteiger partial charge in [-0.25, -0.2) is 0 Å². The molecule has 0 radical (unpaired) electrons. The number of hydrogen-bond donors (Lipinski definition) is 1. The molecule has 0 spiro atoms. The quantitative estimate of drug-likeness (QED) is 0.759. The van der Waals surface area contributed by atoms with Gasteiger partial charge in [-0.05, 0) is 41.3 Å². The van der Waals surface area contributed by atoms with Crippen molar-refractivity contribution in [2.24, 2.45) is 0 Å². The van der Waals surface area contributed by atoms with Gasteiger partial charge in [0, 0.05) is 11.2 Å². The van der Waals surface area contributed by atoms with Crippen LogP contribution < -0.4 is 5.32 Å². The van der Waals surface area contributed by atoms with Crippen molar-refractivity contribution in [2.75, 3.05) is 6.54 Å². The fraction of sp³-hybridized carbons (Fsp3) is 0.188. The number of halogens is 1. The Morgan fingerprint density at radius 3 is 2.95 bits per heavy atom. The van der Waals surface area contributed by atoms with E-state index < -0.39 is 0 Å². The van der Waals surface area contributed by atoms with Crippen LogP contribution in [0.5, 0.6) is 0 Å². The van der Waals surface area contributed by atoms with Crippen molar-refractivity contribution in [1.29, 1.82) is 0 Å². The second-order valence-corrected chi connectivity index (χ2v) is 5.94. The lowest BCUT2D eigenvalue weighted by molar-refractivity contribution is 0.630. The van der Waals surface area contributed by atoms with Gasteiger partial charge >= 0.3 is 0 Å². The van der Waals surface area contributed by atoms with Crippen molar-refractivity contribution in [3.63, 3.8) is 0 Å². The predicted octanol–water partition coefficient (Wildman–Crippen LogP) is 4.65. The minimum atomic E-state index is 0.0766. The molecule has 0 amide bonds. The lowest BCUT2D eigenvalue weighted by atomic mass is 10.00. The maximum Gasteiger partial charge on any atom is 0.0809 e. The van der Waals surface area contributed by atoms with Crippen LogP contribution in [-0.4, -0.2) is 11.5 Å². The number of nitrogens with one attached hydrogen (secondary N) is 1. The molecule has 102 valence electrons. The molecular weight excluding hydrogens is 288 g/mol. The molecule has 0 bridgehead atoms. The van der Waals surface area contributed by atoms with Gasteiger partial charge in [-0.3, -0.25) is 4.98 Å². The second kappa shape index (κ2) is 5.92. The van der Waals surface area contributed by atoms with Crippen molar-refractivity contribution >= 4 is 33.2 Å². The molecule has 3 aromatic rings. The average Bonchev–Trinajstić information content (AvgIpc) is 2.93. The summed E-state index contributed by atoms with van der Waals surface area (Å²) in [5, 5.41) is 6.34. The third kappa shape index (κ3) is 2.57. The van der Waals surface area contributed by atoms with E-state index in [4.69, 9.17) is 11.6 Å². The van der Waals surface area contributed by atoms with Gasteiger partial charge < -0.3 is 5.32 Å². The van der Waals surface area contributed by atoms with Gasteiger partial charge in [0.25, 0.3) is 0 Å². The van der Waals surface area contributed by atoms with Crippen molar-refractivity contribution in [3.8, 4) is 0 Å². The highest BCUT2D eigenvalue weighted by Crippen LogP contribution is 2.30. The normalized spacial score (nSPS) is 12.7. The maximum absolute atomic E-state index is 6.34. The average molecular weight is 303 g/mol. The molecule has 0 fully saturated rings. The lowest BCUT2D eigenvalue weighted by Crippen LogP contribution is -2.22. The van der Waals surface area contributed by atoms with Crippen LogP contribution in [0.25, 0.3) is 10.2 Å². The van der Waals surface area contributed by atoms with Crippen LogP contribution >= 0.6 is 22.9 Å². The van der Waals surface area contributed by atoms with Gasteiger partial charge in [0.05, 0.1) is 16.3 Å². The molecule has 0 aliphatic rings. The van der Waals surface area contributed by atoms with Crippen molar-refractivity contribution in [2.45, 2.75) is 13.0 Å². The molecule has 0 saturated heterocycles. The zero-order valence-electron chi connectivity index (χ0n) is 11.1. The molecule has 2 heterocycles. The molecule has 1 atom stereocenters. The molecule has 0 aliphatic heterocycles. The van der Waals surface area contributed by atoms with Crippen LogP contribution in [-0.2, 0) is 0 Å². The van der Waals surface area contributed by atoms with Crippen LogP contribution in [0, 0.1) is 0 Å². The van der Waals surface area contributed by atoms with E-state index in [1.54, 1.807) is 11.3 Å². The molecule has 4 heteroatoms. The van der Waals surface area contributed by atoms with Crippen LogP contribution in [0.2, 0.25) is 5.02 Å². The van der Waals surface area contributed by atoms with Gasteiger partial charge in [0.2, 0.25) is 0 Å². The molecule has 20 heavy (non-hydrogen) atoms. The minimum Gasteiger partial charge on any atom is -0.306 e. The maximum atomic E-state index is 6.34. The first-order chi connectivity index (χ1) is 9.79. The first kappa shape index (κ1) is 13.6. The van der Waals surface area contributed by atoms with Gasteiger partial charge in [-0.1, -0.05) is 36.7 Å². The summed E-state index contributed by atoms with van der Waals surface area (Å²) in [4.78, 5) is 4.53. The Labute approximate surface area is 127 Å². The summed E-state index contributed by atoms with van der Waals surface area (Å²) in [5.74, 6) is 0. The molecule has 0 aliphatic carbocycles. The highest BCUT2D eigenvalue weighted by atomic mass is 35.5. The Hall–Kier alpha value is -1.42. The Bertz CT molecular complexity index is 723. The SMILES string of the molecule is CCNC(c1cnc2ccsc2c1)c1ccccc1Cl. The fourth-order valence-corrected chi connectivity index (χ4v) is 3.37. The summed E-state index contributed by atoms with van der Waals surface area (Å²) in [7, 11) is 0. The summed E-state index contributed by atoms with van der Waals surface area (Å²) >= 11 is 8.06. The van der Waals surface area contributed by atoms with Crippen molar-refractivity contribution in [3.05, 3.63) is 64.1 Å². The molecule has 3 rings (SSSR count). The fourth-order valence-electron chi connectivity index (χ4n) is 2.34. The van der Waals surface area contributed by atoms with E-state index in [-0.39, 0.29) is 6.04 Å². The second-order valence-electron chi connectivity index (χ2n) is 4.58. The number of thiophene rings is 1. The molecule has 2 nitrogen and oxygen atoms in total. The van der Waals surface area contributed by atoms with Gasteiger partial charge in [-0.2, -0.15) is 0 Å². The molecular formula is C16H15ClN2S. The van der Waals surface area contributed by atoms with E-state index >= 15 is 0 Å². The van der Waals surface area contributed by atoms with E-state index in [9.17, 15) is 0 Å². The van der Waals surface area contributed by atoms with E-state index in [1.165, 1.54) is 4.70 Å². The van der Waals surface area contributed by atoms with E-state index in [0.29, 0.717) is 0 Å². The first-order valence-electron chi connectivity index (χ1n) is 6.60. The molecule has 0 saturated carbocycles. The van der Waals surface area contributed by atoms with E-state index in [1.807, 2.05) is 30.5 Å². The third-order valence-corrected chi connectivity index (χ3v) is 4.48. The van der Waals surface area contributed by atoms with Gasteiger partial charge in [0.1, 0.15) is 0 Å². The van der Waals surface area contributed by atoms with Crippen molar-refractivity contribution < 1.29 is 0 Å². The van der Waals surface area contributed by atoms with Crippen LogP contribution in [0.3, 0.4) is 0 Å². The summed E-state index contributed by atoms with van der Waals surface area (Å²) in [6.07, 6.45) is 1.94. The monoisotopic (exact) mass is 302 g/mol. The molecule has 1 unspecified atom stereocenters. The molecule has 2 aromatic heterocycles. The lowest BCUT2D eigenvalue weighted by Gasteiger charge is -2.19. The summed E-state index contributed by atoms with van der Waals surface area (Å²) in [5.41, 5.74) is 3.29. The standard InChI is InChI=1S/C16H15ClN2S/c1-2-18-16(12-5-3-4-6-13(12)17)11-9-15-14(19-10-11)7-8-20-15/h3-10,16,18H,2H2,1H3. The zero-order chi connectivity index (χ0) is 13.9. The summed E-state index contributed by atoms with van der Waals surface area (Å²) < 4.78 is 1.21. The highest BCUT2D eigenvalue weighted by molar-refractivity contribution is 7.17. The Morgan fingerprint density at radius 2 is 2.15 bits per heavy atom. The number of rotatable bonds is 4. The van der Waals surface area contributed by atoms with Crippen LogP contribution in [0.4, 0.5) is 0 Å². The van der Waals surface area contributed by atoms with E-state index in [2.05, 4.69) is 34.7 Å². The number of nitrogens with zero attached hydrogens (tertiary/aromatic N) is 1. The molecule has 1 aromatic carbocycles. The Balaban J connectivity index is 2.07. The number of fused-ring (bicyclic) bond motifs is 1. The minimum absolute atomic E-state index is 0.0766. The number of hydrogen-bond acceptors (Lipinski definition) is 3. The van der Waals surface area contributed by atoms with Crippen LogP contribution in [0.15, 0.2) is 48.0 Å². The number of aromatic nitrogens is 1. The zero-order valence-corrected chi connectivity index (χ0v) is 12.7. The Kier molecular flexibility index (Phi) is 4.01.